The van der Waals surface area contributed by atoms with Crippen LogP contribution in [-0.2, 0) is 0 Å². The van der Waals surface area contributed by atoms with Crippen molar-refractivity contribution >= 4 is 33.0 Å². The van der Waals surface area contributed by atoms with E-state index in [-0.39, 0.29) is 7.43 Å². The second kappa shape index (κ2) is 14.0. The van der Waals surface area contributed by atoms with E-state index >= 15 is 0 Å². The van der Waals surface area contributed by atoms with Gasteiger partial charge >= 0.3 is 0 Å². The van der Waals surface area contributed by atoms with Crippen LogP contribution in [0, 0.1) is 21.3 Å². The Morgan fingerprint density at radius 1 is 0.567 bits per heavy atom. The van der Waals surface area contributed by atoms with Crippen LogP contribution in [0.2, 0.25) is 0 Å². The third-order valence-electron chi connectivity index (χ3n) is 3.92. The minimum Gasteiger partial charge on any atom is -0.399 e. The maximum atomic E-state index is 5.36. The Balaban J connectivity index is 0.000000241. The van der Waals surface area contributed by atoms with Gasteiger partial charge in [-0.05, 0) is 62.4 Å². The highest BCUT2D eigenvalue weighted by Gasteiger charge is 1.92. The molecule has 0 aliphatic rings. The molecule has 0 unspecified atom stereocenters. The molecule has 0 saturated carbocycles. The van der Waals surface area contributed by atoms with Crippen molar-refractivity contribution in [3.63, 3.8) is 0 Å². The number of anilines is 3. The van der Waals surface area contributed by atoms with E-state index in [1.165, 1.54) is 11.1 Å². The van der Waals surface area contributed by atoms with Crippen LogP contribution in [0.25, 0.3) is 0 Å². The van der Waals surface area contributed by atoms with Crippen LogP contribution in [-0.4, -0.2) is 0 Å². The minimum atomic E-state index is 0. The summed E-state index contributed by atoms with van der Waals surface area (Å²) in [6.07, 6.45) is 0. The van der Waals surface area contributed by atoms with Gasteiger partial charge in [0.25, 0.3) is 0 Å². The van der Waals surface area contributed by atoms with Gasteiger partial charge in [-0.25, -0.2) is 0 Å². The Bertz CT molecular complexity index is 914. The number of rotatable bonds is 2. The molecule has 0 heterocycles. The number of aryl methyl sites for hydroxylation is 2. The number of nitrogen functional groups attached to an aromatic ring is 1. The Morgan fingerprint density at radius 2 is 0.967 bits per heavy atom. The largest absolute Gasteiger partial charge is 0.399 e. The number of nitrogens with one attached hydrogen (secondary N) is 1. The number of para-hydroxylation sites is 2. The van der Waals surface area contributed by atoms with Crippen molar-refractivity contribution in [1.82, 2.24) is 0 Å². The summed E-state index contributed by atoms with van der Waals surface area (Å²) in [6, 6.07) is 36.3. The second-order valence-electron chi connectivity index (χ2n) is 6.56. The topological polar surface area (TPSA) is 38.0 Å². The van der Waals surface area contributed by atoms with Crippen LogP contribution < -0.4 is 11.1 Å². The van der Waals surface area contributed by atoms with Gasteiger partial charge in [0.2, 0.25) is 0 Å². The fourth-order valence-corrected chi connectivity index (χ4v) is 2.58. The summed E-state index contributed by atoms with van der Waals surface area (Å²) in [6.45, 7) is 4.17. The molecule has 156 valence electrons. The van der Waals surface area contributed by atoms with Crippen LogP contribution in [0.5, 0.6) is 0 Å². The molecule has 0 spiro atoms. The second-order valence-corrected chi connectivity index (χ2v) is 7.48. The summed E-state index contributed by atoms with van der Waals surface area (Å²) in [5.74, 6) is 0. The molecule has 0 atom stereocenters. The Labute approximate surface area is 189 Å². The number of hydrogen-bond acceptors (Lipinski definition) is 2. The highest BCUT2D eigenvalue weighted by atomic mass is 79.9. The number of nitrogens with two attached hydrogens (primary N) is 1. The molecule has 4 aromatic rings. The normalized spacial score (nSPS) is 9.03. The Kier molecular flexibility index (Phi) is 11.7. The van der Waals surface area contributed by atoms with Crippen LogP contribution in [0.15, 0.2) is 114 Å². The van der Waals surface area contributed by atoms with Crippen molar-refractivity contribution in [2.75, 3.05) is 11.1 Å². The van der Waals surface area contributed by atoms with Gasteiger partial charge in [0.1, 0.15) is 0 Å². The van der Waals surface area contributed by atoms with Gasteiger partial charge in [0.05, 0.1) is 0 Å². The molecular formula is C27H30BrN2-. The molecule has 0 bridgehead atoms. The van der Waals surface area contributed by atoms with E-state index in [1.807, 2.05) is 60.7 Å². The molecule has 30 heavy (non-hydrogen) atoms. The molecule has 4 rings (SSSR count). The quantitative estimate of drug-likeness (QED) is 0.233. The number of halogens is 1. The van der Waals surface area contributed by atoms with Crippen molar-refractivity contribution in [1.29, 1.82) is 0 Å². The van der Waals surface area contributed by atoms with E-state index in [2.05, 4.69) is 83.6 Å². The minimum absolute atomic E-state index is 0. The van der Waals surface area contributed by atoms with Gasteiger partial charge in [-0.1, -0.05) is 87.7 Å². The zero-order valence-corrected chi connectivity index (χ0v) is 19.4. The van der Waals surface area contributed by atoms with Gasteiger partial charge in [0.15, 0.2) is 0 Å². The SMILES string of the molecule is Cc1ccc(Br)cc1.Cc1ccc(Nc2ccccc2)cc1.Nc1ccccc1.[CH3-]. The molecule has 3 N–H and O–H groups in total. The van der Waals surface area contributed by atoms with E-state index in [0.717, 1.165) is 21.5 Å². The highest BCUT2D eigenvalue weighted by molar-refractivity contribution is 9.10. The molecule has 0 fully saturated rings. The molecule has 4 aromatic carbocycles. The average molecular weight is 462 g/mol. The first-order chi connectivity index (χ1) is 14.0. The van der Waals surface area contributed by atoms with Crippen LogP contribution in [0.3, 0.4) is 0 Å². The summed E-state index contributed by atoms with van der Waals surface area (Å²) in [7, 11) is 0. The number of hydrogen-bond donors (Lipinski definition) is 2. The lowest BCUT2D eigenvalue weighted by Gasteiger charge is -2.05. The first kappa shape index (κ1) is 25.0. The molecule has 3 heteroatoms. The lowest BCUT2D eigenvalue weighted by atomic mass is 10.2. The average Bonchev–Trinajstić information content (AvgIpc) is 2.74. The first-order valence-electron chi connectivity index (χ1n) is 9.44. The zero-order chi connectivity index (χ0) is 20.9. The van der Waals surface area contributed by atoms with Crippen LogP contribution in [0.1, 0.15) is 11.1 Å². The van der Waals surface area contributed by atoms with E-state index in [9.17, 15) is 0 Å². The summed E-state index contributed by atoms with van der Waals surface area (Å²) < 4.78 is 1.14. The fraction of sp³-hybridized carbons (Fsp3) is 0.0741. The van der Waals surface area contributed by atoms with Gasteiger partial charge in [0, 0.05) is 21.5 Å². The van der Waals surface area contributed by atoms with Crippen molar-refractivity contribution in [3.8, 4) is 0 Å². The van der Waals surface area contributed by atoms with Crippen molar-refractivity contribution in [2.45, 2.75) is 13.8 Å². The Hall–Kier alpha value is -3.04. The fourth-order valence-electron chi connectivity index (χ4n) is 2.31. The van der Waals surface area contributed by atoms with Crippen molar-refractivity contribution in [2.24, 2.45) is 0 Å². The molecule has 0 aliphatic heterocycles. The predicted molar refractivity (Wildman–Crippen MR) is 137 cm³/mol. The first-order valence-corrected chi connectivity index (χ1v) is 10.2. The Morgan fingerprint density at radius 3 is 1.37 bits per heavy atom. The standard InChI is InChI=1S/C13H13N.C7H7Br.C6H7N.CH3/c1-11-7-9-13(10-8-11)14-12-5-3-2-4-6-12;1-6-2-4-7(8)5-3-6;7-6-4-2-1-3-5-6;/h2-10,14H,1H3;2-5H,1H3;1-5H,7H2;1H3/q;;;-1. The molecule has 0 amide bonds. The number of benzene rings is 4. The summed E-state index contributed by atoms with van der Waals surface area (Å²) in [5, 5.41) is 3.33. The van der Waals surface area contributed by atoms with Gasteiger partial charge in [-0.2, -0.15) is 0 Å². The monoisotopic (exact) mass is 461 g/mol. The van der Waals surface area contributed by atoms with Gasteiger partial charge in [-0.3, -0.25) is 0 Å². The smallest absolute Gasteiger partial charge is 0.0384 e. The summed E-state index contributed by atoms with van der Waals surface area (Å²) in [4.78, 5) is 0. The van der Waals surface area contributed by atoms with E-state index in [4.69, 9.17) is 5.73 Å². The summed E-state index contributed by atoms with van der Waals surface area (Å²) in [5.41, 5.74) is 11.0. The molecule has 2 nitrogen and oxygen atoms in total. The molecule has 0 aromatic heterocycles. The maximum absolute atomic E-state index is 5.36. The predicted octanol–water partition coefficient (Wildman–Crippen LogP) is 8.22. The lowest BCUT2D eigenvalue weighted by Crippen LogP contribution is -1.88. The highest BCUT2D eigenvalue weighted by Crippen LogP contribution is 2.16. The van der Waals surface area contributed by atoms with Crippen molar-refractivity contribution < 1.29 is 0 Å². The zero-order valence-electron chi connectivity index (χ0n) is 17.8. The van der Waals surface area contributed by atoms with Gasteiger partial charge in [-0.15, -0.1) is 0 Å². The van der Waals surface area contributed by atoms with Crippen LogP contribution in [0.4, 0.5) is 17.1 Å². The molecule has 0 saturated heterocycles. The van der Waals surface area contributed by atoms with Gasteiger partial charge < -0.3 is 18.5 Å². The molecular weight excluding hydrogens is 432 g/mol. The third kappa shape index (κ3) is 10.5. The molecule has 0 aliphatic carbocycles. The van der Waals surface area contributed by atoms with Crippen LogP contribution >= 0.6 is 15.9 Å². The van der Waals surface area contributed by atoms with E-state index < -0.39 is 0 Å². The van der Waals surface area contributed by atoms with E-state index in [0.29, 0.717) is 0 Å². The summed E-state index contributed by atoms with van der Waals surface area (Å²) >= 11 is 3.35. The van der Waals surface area contributed by atoms with E-state index in [1.54, 1.807) is 0 Å². The molecule has 0 radical (unpaired) electrons. The third-order valence-corrected chi connectivity index (χ3v) is 4.45. The van der Waals surface area contributed by atoms with Crippen molar-refractivity contribution in [3.05, 3.63) is 132 Å². The lowest BCUT2D eigenvalue weighted by molar-refractivity contribution is 1.45. The maximum Gasteiger partial charge on any atom is 0.0384 e.